The first kappa shape index (κ1) is 15.5. The summed E-state index contributed by atoms with van der Waals surface area (Å²) in [6.07, 6.45) is 0. The summed E-state index contributed by atoms with van der Waals surface area (Å²) >= 11 is 5.82. The van der Waals surface area contributed by atoms with Crippen LogP contribution < -0.4 is 5.73 Å². The molecule has 8 heteroatoms. The van der Waals surface area contributed by atoms with Gasteiger partial charge in [-0.05, 0) is 36.4 Å². The van der Waals surface area contributed by atoms with E-state index in [0.29, 0.717) is 16.3 Å². The van der Waals surface area contributed by atoms with E-state index in [-0.39, 0.29) is 10.7 Å². The zero-order chi connectivity index (χ0) is 16.6. The molecule has 0 amide bonds. The number of halogens is 2. The van der Waals surface area contributed by atoms with E-state index in [2.05, 4.69) is 5.10 Å². The predicted molar refractivity (Wildman–Crippen MR) is 86.1 cm³/mol. The molecule has 0 bridgehead atoms. The molecule has 5 nitrogen and oxygen atoms in total. The summed E-state index contributed by atoms with van der Waals surface area (Å²) in [4.78, 5) is -0.101. The molecule has 0 saturated carbocycles. The number of hydrogen-bond acceptors (Lipinski definition) is 4. The normalized spacial score (nSPS) is 11.6. The van der Waals surface area contributed by atoms with Gasteiger partial charge in [-0.2, -0.15) is 13.5 Å². The monoisotopic (exact) mass is 351 g/mol. The number of nitrogens with two attached hydrogens (primary N) is 1. The molecule has 0 aliphatic rings. The summed E-state index contributed by atoms with van der Waals surface area (Å²) in [5.41, 5.74) is 6.85. The molecule has 0 spiro atoms. The van der Waals surface area contributed by atoms with Gasteiger partial charge in [-0.25, -0.2) is 4.39 Å². The average Bonchev–Trinajstić information content (AvgIpc) is 2.91. The molecule has 23 heavy (non-hydrogen) atoms. The third-order valence-electron chi connectivity index (χ3n) is 3.18. The Kier molecular flexibility index (Phi) is 3.83. The Balaban J connectivity index is 2.07. The van der Waals surface area contributed by atoms with Crippen LogP contribution in [0, 0.1) is 5.82 Å². The highest BCUT2D eigenvalue weighted by atomic mass is 35.5. The third kappa shape index (κ3) is 2.93. The average molecular weight is 352 g/mol. The molecule has 0 aliphatic heterocycles. The molecule has 2 N–H and O–H groups in total. The van der Waals surface area contributed by atoms with Gasteiger partial charge in [-0.1, -0.05) is 23.7 Å². The van der Waals surface area contributed by atoms with Crippen LogP contribution in [0.2, 0.25) is 5.02 Å². The Bertz CT molecular complexity index is 951. The Morgan fingerprint density at radius 2 is 1.65 bits per heavy atom. The standard InChI is InChI=1S/C15H11ClFN3O2S/c16-11-3-1-10(2-4-11)14-9-15(18)20(19-14)23(21,22)13-7-5-12(17)6-8-13/h1-9H,18H2. The molecule has 0 unspecified atom stereocenters. The number of nitrogen functional groups attached to an aromatic ring is 1. The Labute approximate surface area is 137 Å². The summed E-state index contributed by atoms with van der Waals surface area (Å²) in [6, 6.07) is 12.6. The van der Waals surface area contributed by atoms with Crippen molar-refractivity contribution in [2.75, 3.05) is 5.73 Å². The molecule has 3 rings (SSSR count). The predicted octanol–water partition coefficient (Wildman–Crippen LogP) is 3.16. The molecule has 3 aromatic rings. The molecule has 0 fully saturated rings. The molecule has 1 aromatic heterocycles. The maximum atomic E-state index is 13.0. The zero-order valence-electron chi connectivity index (χ0n) is 11.6. The van der Waals surface area contributed by atoms with E-state index >= 15 is 0 Å². The molecular weight excluding hydrogens is 341 g/mol. The topological polar surface area (TPSA) is 78.0 Å². The van der Waals surface area contributed by atoms with Gasteiger partial charge in [0, 0.05) is 16.7 Å². The van der Waals surface area contributed by atoms with E-state index in [1.807, 2.05) is 0 Å². The van der Waals surface area contributed by atoms with Crippen LogP contribution in [-0.4, -0.2) is 17.6 Å². The molecule has 0 saturated heterocycles. The maximum absolute atomic E-state index is 13.0. The molecule has 0 atom stereocenters. The Morgan fingerprint density at radius 3 is 2.26 bits per heavy atom. The first-order chi connectivity index (χ1) is 10.9. The minimum Gasteiger partial charge on any atom is -0.383 e. The van der Waals surface area contributed by atoms with Gasteiger partial charge in [0.15, 0.2) is 0 Å². The lowest BCUT2D eigenvalue weighted by atomic mass is 10.1. The van der Waals surface area contributed by atoms with E-state index < -0.39 is 15.8 Å². The largest absolute Gasteiger partial charge is 0.383 e. The SMILES string of the molecule is Nc1cc(-c2ccc(Cl)cc2)nn1S(=O)(=O)c1ccc(F)cc1. The van der Waals surface area contributed by atoms with Gasteiger partial charge in [-0.15, -0.1) is 4.09 Å². The van der Waals surface area contributed by atoms with Crippen molar-refractivity contribution in [1.29, 1.82) is 0 Å². The van der Waals surface area contributed by atoms with Crippen molar-refractivity contribution in [1.82, 2.24) is 9.19 Å². The number of hydrogen-bond donors (Lipinski definition) is 1. The molecule has 0 radical (unpaired) electrons. The van der Waals surface area contributed by atoms with Crippen LogP contribution in [0.4, 0.5) is 10.2 Å². The highest BCUT2D eigenvalue weighted by Gasteiger charge is 2.22. The number of rotatable bonds is 3. The van der Waals surface area contributed by atoms with Gasteiger partial charge in [0.05, 0.1) is 10.6 Å². The fourth-order valence-corrected chi connectivity index (χ4v) is 3.37. The fraction of sp³-hybridized carbons (Fsp3) is 0. The number of anilines is 1. The third-order valence-corrected chi connectivity index (χ3v) is 5.05. The lowest BCUT2D eigenvalue weighted by Crippen LogP contribution is -2.16. The van der Waals surface area contributed by atoms with Crippen molar-refractivity contribution in [3.05, 3.63) is 65.4 Å². The van der Waals surface area contributed by atoms with E-state index in [4.69, 9.17) is 17.3 Å². The van der Waals surface area contributed by atoms with Crippen LogP contribution in [0.15, 0.2) is 59.5 Å². The summed E-state index contributed by atoms with van der Waals surface area (Å²) in [5, 5.41) is 4.60. The maximum Gasteiger partial charge on any atom is 0.284 e. The van der Waals surface area contributed by atoms with Gasteiger partial charge in [0.1, 0.15) is 11.6 Å². The first-order valence-corrected chi connectivity index (χ1v) is 8.32. The van der Waals surface area contributed by atoms with Crippen LogP contribution in [0.25, 0.3) is 11.3 Å². The second kappa shape index (κ2) is 5.68. The van der Waals surface area contributed by atoms with E-state index in [1.165, 1.54) is 6.07 Å². The molecule has 0 aliphatic carbocycles. The highest BCUT2D eigenvalue weighted by Crippen LogP contribution is 2.25. The van der Waals surface area contributed by atoms with Crippen LogP contribution in [0.3, 0.4) is 0 Å². The molecule has 1 heterocycles. The van der Waals surface area contributed by atoms with Gasteiger partial charge in [0.2, 0.25) is 0 Å². The van der Waals surface area contributed by atoms with Crippen molar-refractivity contribution in [3.8, 4) is 11.3 Å². The van der Waals surface area contributed by atoms with Gasteiger partial charge in [0.25, 0.3) is 10.0 Å². The molecular formula is C15H11ClFN3O2S. The van der Waals surface area contributed by atoms with Crippen molar-refractivity contribution < 1.29 is 12.8 Å². The van der Waals surface area contributed by atoms with Crippen LogP contribution in [-0.2, 0) is 10.0 Å². The second-order valence-electron chi connectivity index (χ2n) is 4.76. The minimum atomic E-state index is -3.99. The van der Waals surface area contributed by atoms with Gasteiger partial charge < -0.3 is 5.73 Å². The Hall–Kier alpha value is -2.38. The van der Waals surface area contributed by atoms with Crippen molar-refractivity contribution in [3.63, 3.8) is 0 Å². The van der Waals surface area contributed by atoms with E-state index in [0.717, 1.165) is 28.4 Å². The van der Waals surface area contributed by atoms with Gasteiger partial charge >= 0.3 is 0 Å². The lowest BCUT2D eigenvalue weighted by Gasteiger charge is -2.05. The van der Waals surface area contributed by atoms with Crippen LogP contribution in [0.1, 0.15) is 0 Å². The quantitative estimate of drug-likeness (QED) is 0.786. The summed E-state index contributed by atoms with van der Waals surface area (Å²) < 4.78 is 38.8. The molecule has 118 valence electrons. The summed E-state index contributed by atoms with van der Waals surface area (Å²) in [6.45, 7) is 0. The minimum absolute atomic E-state index is 0.0423. The second-order valence-corrected chi connectivity index (χ2v) is 6.97. The van der Waals surface area contributed by atoms with Crippen LogP contribution >= 0.6 is 11.6 Å². The number of aromatic nitrogens is 2. The first-order valence-electron chi connectivity index (χ1n) is 6.50. The number of benzene rings is 2. The van der Waals surface area contributed by atoms with E-state index in [1.54, 1.807) is 24.3 Å². The lowest BCUT2D eigenvalue weighted by molar-refractivity contribution is 0.580. The summed E-state index contributed by atoms with van der Waals surface area (Å²) in [5.74, 6) is -0.571. The van der Waals surface area contributed by atoms with Crippen molar-refractivity contribution in [2.24, 2.45) is 0 Å². The smallest absolute Gasteiger partial charge is 0.284 e. The fourth-order valence-electron chi connectivity index (χ4n) is 2.04. The van der Waals surface area contributed by atoms with Crippen molar-refractivity contribution in [2.45, 2.75) is 4.90 Å². The van der Waals surface area contributed by atoms with Crippen LogP contribution in [0.5, 0.6) is 0 Å². The van der Waals surface area contributed by atoms with Crippen molar-refractivity contribution >= 4 is 27.4 Å². The number of nitrogens with zero attached hydrogens (tertiary/aromatic N) is 2. The summed E-state index contributed by atoms with van der Waals surface area (Å²) in [7, 11) is -3.99. The zero-order valence-corrected chi connectivity index (χ0v) is 13.2. The Morgan fingerprint density at radius 1 is 1.04 bits per heavy atom. The van der Waals surface area contributed by atoms with Gasteiger partial charge in [-0.3, -0.25) is 0 Å². The highest BCUT2D eigenvalue weighted by molar-refractivity contribution is 7.90. The van der Waals surface area contributed by atoms with E-state index in [9.17, 15) is 12.8 Å². The molecule has 2 aromatic carbocycles.